The molecule has 9 nitrogen and oxygen atoms in total. The summed E-state index contributed by atoms with van der Waals surface area (Å²) < 4.78 is 11.2. The zero-order chi connectivity index (χ0) is 21.4. The minimum absolute atomic E-state index is 0.0549. The number of fused-ring (bicyclic) bond motifs is 2. The Kier molecular flexibility index (Phi) is 5.40. The molecule has 1 fully saturated rings. The Balaban J connectivity index is 1.41. The number of nitrogens with one attached hydrogen (secondary N) is 1. The number of carbonyl (C=O) groups excluding carboxylic acids is 1. The fourth-order valence-electron chi connectivity index (χ4n) is 3.52. The first-order valence-corrected chi connectivity index (χ1v) is 10.9. The molecule has 2 N–H and O–H groups in total. The summed E-state index contributed by atoms with van der Waals surface area (Å²) in [4.78, 5) is 21.4. The Bertz CT molecular complexity index is 1170. The van der Waals surface area contributed by atoms with Crippen LogP contribution in [0.4, 0.5) is 5.82 Å². The van der Waals surface area contributed by atoms with E-state index in [1.165, 1.54) is 17.7 Å². The highest BCUT2D eigenvalue weighted by molar-refractivity contribution is 7.18. The summed E-state index contributed by atoms with van der Waals surface area (Å²) in [6, 6.07) is 5.75. The van der Waals surface area contributed by atoms with Crippen molar-refractivity contribution >= 4 is 52.1 Å². The van der Waals surface area contributed by atoms with Crippen molar-refractivity contribution in [3.63, 3.8) is 0 Å². The maximum atomic E-state index is 12.6. The second-order valence-corrected chi connectivity index (χ2v) is 8.19. The summed E-state index contributed by atoms with van der Waals surface area (Å²) in [5, 5.41) is 20.9. The van der Waals surface area contributed by atoms with Gasteiger partial charge in [-0.15, -0.1) is 11.3 Å². The van der Waals surface area contributed by atoms with Crippen LogP contribution in [0.1, 0.15) is 28.4 Å². The van der Waals surface area contributed by atoms with Crippen molar-refractivity contribution < 1.29 is 19.2 Å². The van der Waals surface area contributed by atoms with Gasteiger partial charge in [0, 0.05) is 11.9 Å². The third-order valence-electron chi connectivity index (χ3n) is 5.27. The number of ether oxygens (including phenoxy) is 1. The average molecular weight is 437 g/mol. The van der Waals surface area contributed by atoms with Gasteiger partial charge in [-0.25, -0.2) is 15.0 Å². The lowest BCUT2D eigenvalue weighted by atomic mass is 9.79. The number of thiophene rings is 1. The van der Waals surface area contributed by atoms with E-state index in [2.05, 4.69) is 20.4 Å². The Hall–Kier alpha value is -2.86. The predicted octanol–water partition coefficient (Wildman–Crippen LogP) is 0.898. The Morgan fingerprint density at radius 2 is 2.32 bits per heavy atom. The molecule has 158 valence electrons. The molecule has 2 aliphatic rings. The zero-order valence-corrected chi connectivity index (χ0v) is 17.6. The first-order valence-electron chi connectivity index (χ1n) is 9.99. The van der Waals surface area contributed by atoms with Crippen LogP contribution in [-0.2, 0) is 16.0 Å². The van der Waals surface area contributed by atoms with E-state index in [9.17, 15) is 9.82 Å². The van der Waals surface area contributed by atoms with Gasteiger partial charge in [0.25, 0.3) is 5.91 Å². The molecule has 0 aliphatic carbocycles. The molecular formula is C20H20BN5O4S. The molecule has 2 aromatic heterocycles. The van der Waals surface area contributed by atoms with E-state index in [0.717, 1.165) is 21.3 Å². The number of benzene rings is 1. The summed E-state index contributed by atoms with van der Waals surface area (Å²) in [5.74, 6) is 0.498. The Morgan fingerprint density at radius 3 is 3.10 bits per heavy atom. The van der Waals surface area contributed by atoms with Crippen LogP contribution in [0.2, 0.25) is 0 Å². The van der Waals surface area contributed by atoms with E-state index in [4.69, 9.17) is 9.39 Å². The normalized spacial score (nSPS) is 16.0. The molecule has 0 spiro atoms. The molecule has 0 radical (unpaired) electrons. The molecule has 0 saturated carbocycles. The highest BCUT2D eigenvalue weighted by atomic mass is 32.1. The number of rotatable bonds is 6. The van der Waals surface area contributed by atoms with Crippen LogP contribution in [0.15, 0.2) is 35.0 Å². The number of hydrogen-bond acceptors (Lipinski definition) is 9. The number of hydrazone groups is 1. The molecule has 0 bridgehead atoms. The largest absolute Gasteiger partial charge is 0.491 e. The van der Waals surface area contributed by atoms with Gasteiger partial charge < -0.3 is 19.7 Å². The summed E-state index contributed by atoms with van der Waals surface area (Å²) in [6.45, 7) is 4.04. The molecule has 2 aliphatic heterocycles. The monoisotopic (exact) mass is 437 g/mol. The number of aromatic nitrogens is 2. The van der Waals surface area contributed by atoms with E-state index in [-0.39, 0.29) is 11.9 Å². The lowest BCUT2D eigenvalue weighted by Gasteiger charge is -2.26. The van der Waals surface area contributed by atoms with Gasteiger partial charge in [0.1, 0.15) is 6.33 Å². The van der Waals surface area contributed by atoms with E-state index >= 15 is 0 Å². The van der Waals surface area contributed by atoms with Gasteiger partial charge in [0.2, 0.25) is 0 Å². The van der Waals surface area contributed by atoms with Gasteiger partial charge in [0.05, 0.1) is 47.9 Å². The van der Waals surface area contributed by atoms with Crippen LogP contribution in [0.25, 0.3) is 10.2 Å². The summed E-state index contributed by atoms with van der Waals surface area (Å²) in [7, 11) is -0.857. The third kappa shape index (κ3) is 3.81. The Morgan fingerprint density at radius 1 is 1.45 bits per heavy atom. The van der Waals surface area contributed by atoms with Crippen molar-refractivity contribution in [1.29, 1.82) is 0 Å². The minimum atomic E-state index is -0.857. The van der Waals surface area contributed by atoms with Crippen molar-refractivity contribution in [1.82, 2.24) is 15.3 Å². The highest BCUT2D eigenvalue weighted by Crippen LogP contribution is 2.31. The highest BCUT2D eigenvalue weighted by Gasteiger charge is 2.27. The van der Waals surface area contributed by atoms with Crippen LogP contribution in [-0.4, -0.2) is 60.0 Å². The molecule has 1 saturated heterocycles. The van der Waals surface area contributed by atoms with E-state index < -0.39 is 7.12 Å². The molecule has 3 aromatic rings. The maximum Gasteiger partial charge on any atom is 0.491 e. The van der Waals surface area contributed by atoms with Crippen molar-refractivity contribution in [3.8, 4) is 0 Å². The SMILES string of the molecule is CCN(/N=C/c1ccc2c(c1)COB2O)c1ncnc2c(C(=O)NC3COC3)csc12. The Labute approximate surface area is 182 Å². The smallest absolute Gasteiger partial charge is 0.423 e. The molecule has 4 heterocycles. The zero-order valence-electron chi connectivity index (χ0n) is 16.8. The number of anilines is 1. The standard InChI is InChI=1S/C20H20BN5O4S/c1-2-26(24-6-12-3-4-16-13(5-12)7-30-21(16)28)19-18-17(22-11-23-19)15(10-31-18)20(27)25-14-8-29-9-14/h3-6,10-11,14,28H,2,7-9H2,1H3,(H,25,27)/b24-6+. The molecule has 0 unspecified atom stereocenters. The molecule has 11 heteroatoms. The third-order valence-corrected chi connectivity index (χ3v) is 6.24. The predicted molar refractivity (Wildman–Crippen MR) is 119 cm³/mol. The number of amides is 1. The first-order chi connectivity index (χ1) is 15.1. The lowest BCUT2D eigenvalue weighted by molar-refractivity contribution is -0.00342. The maximum absolute atomic E-state index is 12.6. The molecule has 1 aromatic carbocycles. The summed E-state index contributed by atoms with van der Waals surface area (Å²) >= 11 is 1.43. The van der Waals surface area contributed by atoms with Crippen molar-refractivity contribution in [2.75, 3.05) is 24.8 Å². The number of carbonyl (C=O) groups is 1. The second-order valence-electron chi connectivity index (χ2n) is 7.31. The molecule has 0 atom stereocenters. The van der Waals surface area contributed by atoms with E-state index in [0.29, 0.717) is 43.3 Å². The van der Waals surface area contributed by atoms with Crippen LogP contribution >= 0.6 is 11.3 Å². The topological polar surface area (TPSA) is 109 Å². The van der Waals surface area contributed by atoms with Crippen molar-refractivity contribution in [2.24, 2.45) is 5.10 Å². The quantitative estimate of drug-likeness (QED) is 0.335. The fourth-order valence-corrected chi connectivity index (χ4v) is 4.51. The summed E-state index contributed by atoms with van der Waals surface area (Å²) in [6.07, 6.45) is 3.21. The van der Waals surface area contributed by atoms with Crippen LogP contribution in [0, 0.1) is 0 Å². The van der Waals surface area contributed by atoms with Crippen LogP contribution in [0.3, 0.4) is 0 Å². The van der Waals surface area contributed by atoms with Gasteiger partial charge in [0.15, 0.2) is 5.82 Å². The van der Waals surface area contributed by atoms with Gasteiger partial charge in [-0.2, -0.15) is 5.10 Å². The number of nitrogens with zero attached hydrogens (tertiary/aromatic N) is 4. The average Bonchev–Trinajstić information content (AvgIpc) is 3.35. The molecule has 1 amide bonds. The van der Waals surface area contributed by atoms with E-state index in [1.807, 2.05) is 25.1 Å². The molecule has 5 rings (SSSR count). The summed E-state index contributed by atoms with van der Waals surface area (Å²) in [5.41, 5.74) is 3.79. The first kappa shape index (κ1) is 20.1. The van der Waals surface area contributed by atoms with Crippen molar-refractivity contribution in [3.05, 3.63) is 46.6 Å². The minimum Gasteiger partial charge on any atom is -0.423 e. The van der Waals surface area contributed by atoms with Crippen LogP contribution in [0.5, 0.6) is 0 Å². The van der Waals surface area contributed by atoms with Crippen LogP contribution < -0.4 is 15.8 Å². The lowest BCUT2D eigenvalue weighted by Crippen LogP contribution is -2.48. The second kappa shape index (κ2) is 8.35. The van der Waals surface area contributed by atoms with Gasteiger partial charge in [-0.1, -0.05) is 12.1 Å². The molecule has 31 heavy (non-hydrogen) atoms. The van der Waals surface area contributed by atoms with Gasteiger partial charge in [-0.3, -0.25) is 4.79 Å². The molecular weight excluding hydrogens is 417 g/mol. The van der Waals surface area contributed by atoms with E-state index in [1.54, 1.807) is 16.6 Å². The fraction of sp³-hybridized carbons (Fsp3) is 0.300. The van der Waals surface area contributed by atoms with Crippen molar-refractivity contribution in [2.45, 2.75) is 19.6 Å². The van der Waals surface area contributed by atoms with Gasteiger partial charge >= 0.3 is 7.12 Å². The van der Waals surface area contributed by atoms with Gasteiger partial charge in [-0.05, 0) is 29.6 Å². The number of hydrogen-bond donors (Lipinski definition) is 2.